The molecule has 0 aliphatic carbocycles. The first kappa shape index (κ1) is 12.5. The van der Waals surface area contributed by atoms with Crippen LogP contribution in [0.25, 0.3) is 0 Å². The van der Waals surface area contributed by atoms with Gasteiger partial charge in [0.05, 0.1) is 11.6 Å². The molecule has 2 atom stereocenters. The molecule has 100 valence electrons. The molecule has 0 N–H and O–H groups in total. The smallest absolute Gasteiger partial charge is 0.235 e. The number of hydrogen-bond acceptors (Lipinski definition) is 4. The maximum atomic E-state index is 10.4. The number of hydrogen-bond donors (Lipinski definition) is 0. The highest BCUT2D eigenvalue weighted by Gasteiger charge is 2.34. The molecule has 2 aliphatic rings. The fourth-order valence-electron chi connectivity index (χ4n) is 2.83. The molecular weight excluding hydrogens is 266 g/mol. The molecule has 2 heterocycles. The van der Waals surface area contributed by atoms with Crippen LogP contribution >= 0.6 is 11.6 Å². The zero-order valence-electron chi connectivity index (χ0n) is 10.8. The number of aliphatic imine (C=N–C) groups is 1. The maximum Gasteiger partial charge on any atom is 0.235 e. The van der Waals surface area contributed by atoms with Crippen LogP contribution in [0.1, 0.15) is 30.5 Å². The molecule has 0 radical (unpaired) electrons. The van der Waals surface area contributed by atoms with E-state index in [1.54, 1.807) is 6.08 Å². The van der Waals surface area contributed by atoms with Crippen molar-refractivity contribution in [1.82, 2.24) is 0 Å². The molecule has 0 aromatic heterocycles. The second kappa shape index (κ2) is 4.55. The second-order valence-corrected chi connectivity index (χ2v) is 5.46. The van der Waals surface area contributed by atoms with Crippen molar-refractivity contribution in [3.63, 3.8) is 0 Å². The van der Waals surface area contributed by atoms with Crippen LogP contribution in [0.2, 0.25) is 5.02 Å². The number of isocyanates is 1. The van der Waals surface area contributed by atoms with Gasteiger partial charge in [0.1, 0.15) is 23.7 Å². The molecule has 2 unspecified atom stereocenters. The van der Waals surface area contributed by atoms with E-state index in [1.807, 2.05) is 13.8 Å². The van der Waals surface area contributed by atoms with E-state index in [-0.39, 0.29) is 18.8 Å². The van der Waals surface area contributed by atoms with Gasteiger partial charge in [0.15, 0.2) is 0 Å². The summed E-state index contributed by atoms with van der Waals surface area (Å²) in [5, 5.41) is 0.650. The molecule has 0 saturated heterocycles. The lowest BCUT2D eigenvalue weighted by atomic mass is 9.98. The zero-order chi connectivity index (χ0) is 13.6. The molecule has 19 heavy (non-hydrogen) atoms. The third-order valence-corrected chi connectivity index (χ3v) is 3.97. The second-order valence-electron chi connectivity index (χ2n) is 5.08. The van der Waals surface area contributed by atoms with Crippen LogP contribution in [0.15, 0.2) is 4.99 Å². The van der Waals surface area contributed by atoms with Crippen molar-refractivity contribution < 1.29 is 14.3 Å². The van der Waals surface area contributed by atoms with Gasteiger partial charge in [-0.25, -0.2) is 9.79 Å². The number of ether oxygens (including phenoxy) is 2. The van der Waals surface area contributed by atoms with E-state index in [9.17, 15) is 4.79 Å². The van der Waals surface area contributed by atoms with Crippen LogP contribution in [0.3, 0.4) is 0 Å². The predicted octanol–water partition coefficient (Wildman–Crippen LogP) is 2.82. The highest BCUT2D eigenvalue weighted by Crippen LogP contribution is 2.49. The molecular formula is C14H14ClNO3. The number of nitrogens with zero attached hydrogens (tertiary/aromatic N) is 1. The molecule has 4 nitrogen and oxygen atoms in total. The predicted molar refractivity (Wildman–Crippen MR) is 70.9 cm³/mol. The Labute approximate surface area is 116 Å². The minimum atomic E-state index is 0.0893. The first-order chi connectivity index (χ1) is 9.11. The van der Waals surface area contributed by atoms with E-state index < -0.39 is 0 Å². The van der Waals surface area contributed by atoms with Gasteiger partial charge in [-0.05, 0) is 13.8 Å². The molecule has 0 bridgehead atoms. The molecule has 2 aliphatic heterocycles. The largest absolute Gasteiger partial charge is 0.490 e. The van der Waals surface area contributed by atoms with Gasteiger partial charge in [0.2, 0.25) is 6.08 Å². The zero-order valence-corrected chi connectivity index (χ0v) is 11.6. The van der Waals surface area contributed by atoms with Crippen molar-refractivity contribution >= 4 is 17.7 Å². The van der Waals surface area contributed by atoms with E-state index in [2.05, 4.69) is 4.99 Å². The number of fused-ring (bicyclic) bond motifs is 2. The molecule has 0 saturated carbocycles. The van der Waals surface area contributed by atoms with Gasteiger partial charge >= 0.3 is 0 Å². The van der Waals surface area contributed by atoms with Crippen LogP contribution in [0.4, 0.5) is 0 Å². The summed E-state index contributed by atoms with van der Waals surface area (Å²) >= 11 is 6.42. The molecule has 0 spiro atoms. The normalized spacial score (nSPS) is 23.1. The van der Waals surface area contributed by atoms with E-state index in [0.717, 1.165) is 41.0 Å². The lowest BCUT2D eigenvalue weighted by molar-refractivity contribution is 0.252. The van der Waals surface area contributed by atoms with Crippen LogP contribution < -0.4 is 9.47 Å². The molecule has 0 fully saturated rings. The highest BCUT2D eigenvalue weighted by molar-refractivity contribution is 6.33. The average Bonchev–Trinajstić information content (AvgIpc) is 2.93. The van der Waals surface area contributed by atoms with Gasteiger partial charge in [-0.1, -0.05) is 11.6 Å². The van der Waals surface area contributed by atoms with Gasteiger partial charge in [0, 0.05) is 29.5 Å². The van der Waals surface area contributed by atoms with Crippen molar-refractivity contribution in [2.75, 3.05) is 0 Å². The summed E-state index contributed by atoms with van der Waals surface area (Å²) in [6.45, 7) is 4.27. The van der Waals surface area contributed by atoms with Crippen LogP contribution in [0.5, 0.6) is 11.5 Å². The summed E-state index contributed by atoms with van der Waals surface area (Å²) in [6, 6.07) is 0. The highest BCUT2D eigenvalue weighted by atomic mass is 35.5. The lowest BCUT2D eigenvalue weighted by Crippen LogP contribution is -2.07. The van der Waals surface area contributed by atoms with Crippen molar-refractivity contribution in [2.24, 2.45) is 4.99 Å². The Balaban J connectivity index is 2.20. The van der Waals surface area contributed by atoms with Crippen LogP contribution in [0, 0.1) is 0 Å². The van der Waals surface area contributed by atoms with E-state index in [1.165, 1.54) is 0 Å². The first-order valence-corrected chi connectivity index (χ1v) is 6.72. The lowest BCUT2D eigenvalue weighted by Gasteiger charge is -2.13. The van der Waals surface area contributed by atoms with Crippen LogP contribution in [-0.2, 0) is 24.2 Å². The third-order valence-electron chi connectivity index (χ3n) is 3.57. The quantitative estimate of drug-likeness (QED) is 0.618. The summed E-state index contributed by atoms with van der Waals surface area (Å²) in [5.41, 5.74) is 2.91. The molecule has 0 amide bonds. The van der Waals surface area contributed by atoms with Gasteiger partial charge in [-0.15, -0.1) is 0 Å². The molecule has 3 rings (SSSR count). The topological polar surface area (TPSA) is 47.9 Å². The molecule has 1 aromatic carbocycles. The Morgan fingerprint density at radius 1 is 1.21 bits per heavy atom. The minimum Gasteiger partial charge on any atom is -0.490 e. The molecule has 5 heteroatoms. The number of rotatable bonds is 2. The van der Waals surface area contributed by atoms with Crippen molar-refractivity contribution in [2.45, 2.75) is 45.4 Å². The molecule has 1 aromatic rings. The Morgan fingerprint density at radius 2 is 1.84 bits per heavy atom. The van der Waals surface area contributed by atoms with Gasteiger partial charge in [0.25, 0.3) is 0 Å². The van der Waals surface area contributed by atoms with E-state index in [4.69, 9.17) is 21.1 Å². The van der Waals surface area contributed by atoms with Crippen molar-refractivity contribution in [3.05, 3.63) is 21.7 Å². The SMILES string of the molecule is CC1Cc2c(CN=C=O)c3c(c(Cl)c2O1)CC(C)O3. The monoisotopic (exact) mass is 279 g/mol. The Morgan fingerprint density at radius 3 is 2.53 bits per heavy atom. The van der Waals surface area contributed by atoms with Gasteiger partial charge in [-0.3, -0.25) is 0 Å². The summed E-state index contributed by atoms with van der Waals surface area (Å²) in [4.78, 5) is 14.1. The van der Waals surface area contributed by atoms with E-state index >= 15 is 0 Å². The van der Waals surface area contributed by atoms with Crippen molar-refractivity contribution in [1.29, 1.82) is 0 Å². The number of carbonyl (C=O) groups excluding carboxylic acids is 1. The summed E-state index contributed by atoms with van der Waals surface area (Å²) in [5.74, 6) is 1.52. The number of halogens is 1. The summed E-state index contributed by atoms with van der Waals surface area (Å²) in [7, 11) is 0. The third kappa shape index (κ3) is 1.92. The fourth-order valence-corrected chi connectivity index (χ4v) is 3.15. The Hall–Kier alpha value is -1.51. The van der Waals surface area contributed by atoms with E-state index in [0.29, 0.717) is 5.02 Å². The maximum absolute atomic E-state index is 10.4. The number of benzene rings is 1. The Kier molecular flexibility index (Phi) is 3.00. The summed E-state index contributed by atoms with van der Waals surface area (Å²) in [6.07, 6.45) is 3.29. The van der Waals surface area contributed by atoms with Crippen LogP contribution in [-0.4, -0.2) is 18.3 Å². The minimum absolute atomic E-state index is 0.0893. The fraction of sp³-hybridized carbons (Fsp3) is 0.500. The van der Waals surface area contributed by atoms with Crippen molar-refractivity contribution in [3.8, 4) is 11.5 Å². The average molecular weight is 280 g/mol. The summed E-state index contributed by atoms with van der Waals surface area (Å²) < 4.78 is 11.6. The Bertz CT molecular complexity index is 554. The van der Waals surface area contributed by atoms with Gasteiger partial charge in [-0.2, -0.15) is 0 Å². The standard InChI is InChI=1S/C14H14ClNO3/c1-7-3-9-11(5-16-6-17)13-10(4-8(2)18-13)12(15)14(9)19-7/h7-8H,3-5H2,1-2H3. The first-order valence-electron chi connectivity index (χ1n) is 6.34. The van der Waals surface area contributed by atoms with Gasteiger partial charge < -0.3 is 9.47 Å².